The molecule has 4 nitrogen and oxygen atoms in total. The summed E-state index contributed by atoms with van der Waals surface area (Å²) in [6, 6.07) is 5.09. The maximum absolute atomic E-state index is 10.9. The zero-order valence-corrected chi connectivity index (χ0v) is 8.40. The quantitative estimate of drug-likeness (QED) is 0.796. The first-order valence-electron chi connectivity index (χ1n) is 4.76. The molecule has 0 aliphatic rings. The predicted octanol–water partition coefficient (Wildman–Crippen LogP) is 1.29. The van der Waals surface area contributed by atoms with Gasteiger partial charge in [0, 0.05) is 11.8 Å². The van der Waals surface area contributed by atoms with Crippen LogP contribution in [0.2, 0.25) is 0 Å². The molecule has 0 saturated carbocycles. The number of hydrogen-bond donors (Lipinski definition) is 1. The van der Waals surface area contributed by atoms with Crippen LogP contribution in [0.25, 0.3) is 11.0 Å². The molecule has 0 radical (unpaired) electrons. The van der Waals surface area contributed by atoms with Crippen LogP contribution in [0.4, 0.5) is 0 Å². The number of amides is 1. The molecule has 2 aromatic rings. The Labute approximate surface area is 87.1 Å². The minimum absolute atomic E-state index is 0.446. The summed E-state index contributed by atoms with van der Waals surface area (Å²) in [4.78, 5) is 19.5. The number of aromatic nitrogens is 2. The highest BCUT2D eigenvalue weighted by Gasteiger charge is 2.03. The minimum atomic E-state index is -0.446. The Hall–Kier alpha value is -1.97. The Balaban J connectivity index is 2.59. The van der Waals surface area contributed by atoms with E-state index in [2.05, 4.69) is 9.97 Å². The SMILES string of the molecule is CCc1cnc2cc(C(N)=O)ccc2n1. The number of benzene rings is 1. The summed E-state index contributed by atoms with van der Waals surface area (Å²) < 4.78 is 0. The van der Waals surface area contributed by atoms with Gasteiger partial charge in [0.2, 0.25) is 5.91 Å². The molecule has 76 valence electrons. The lowest BCUT2D eigenvalue weighted by Gasteiger charge is -2.01. The molecule has 0 saturated heterocycles. The molecule has 0 fully saturated rings. The maximum Gasteiger partial charge on any atom is 0.248 e. The van der Waals surface area contributed by atoms with Crippen LogP contribution in [0.1, 0.15) is 23.0 Å². The van der Waals surface area contributed by atoms with E-state index in [9.17, 15) is 4.79 Å². The van der Waals surface area contributed by atoms with Crippen molar-refractivity contribution in [3.63, 3.8) is 0 Å². The van der Waals surface area contributed by atoms with Crippen LogP contribution >= 0.6 is 0 Å². The number of aryl methyl sites for hydroxylation is 1. The number of carbonyl (C=O) groups is 1. The van der Waals surface area contributed by atoms with Gasteiger partial charge in [0.05, 0.1) is 16.7 Å². The second-order valence-electron chi connectivity index (χ2n) is 3.28. The van der Waals surface area contributed by atoms with Gasteiger partial charge in [0.25, 0.3) is 0 Å². The van der Waals surface area contributed by atoms with Crippen LogP contribution in [-0.2, 0) is 6.42 Å². The summed E-state index contributed by atoms with van der Waals surface area (Å²) in [6.07, 6.45) is 2.56. The van der Waals surface area contributed by atoms with E-state index in [1.165, 1.54) is 0 Å². The van der Waals surface area contributed by atoms with Gasteiger partial charge in [0.1, 0.15) is 0 Å². The van der Waals surface area contributed by atoms with E-state index in [1.54, 1.807) is 24.4 Å². The Kier molecular flexibility index (Phi) is 2.33. The number of hydrogen-bond acceptors (Lipinski definition) is 3. The molecule has 0 aliphatic carbocycles. The molecule has 4 heteroatoms. The van der Waals surface area contributed by atoms with Gasteiger partial charge in [-0.25, -0.2) is 4.98 Å². The molecule has 15 heavy (non-hydrogen) atoms. The maximum atomic E-state index is 10.9. The fourth-order valence-corrected chi connectivity index (χ4v) is 1.37. The first kappa shape index (κ1) is 9.58. The first-order chi connectivity index (χ1) is 7.20. The Morgan fingerprint density at radius 3 is 2.87 bits per heavy atom. The largest absolute Gasteiger partial charge is 0.366 e. The lowest BCUT2D eigenvalue weighted by molar-refractivity contribution is 0.100. The third-order valence-electron chi connectivity index (χ3n) is 2.24. The van der Waals surface area contributed by atoms with Crippen molar-refractivity contribution in [3.05, 3.63) is 35.7 Å². The molecule has 0 spiro atoms. The van der Waals surface area contributed by atoms with Crippen molar-refractivity contribution >= 4 is 16.9 Å². The monoisotopic (exact) mass is 201 g/mol. The van der Waals surface area contributed by atoms with Gasteiger partial charge in [-0.3, -0.25) is 9.78 Å². The van der Waals surface area contributed by atoms with Crippen LogP contribution in [0.3, 0.4) is 0 Å². The van der Waals surface area contributed by atoms with Gasteiger partial charge in [0.15, 0.2) is 0 Å². The molecular weight excluding hydrogens is 190 g/mol. The number of carbonyl (C=O) groups excluding carboxylic acids is 1. The van der Waals surface area contributed by atoms with Crippen LogP contribution in [0.5, 0.6) is 0 Å². The molecule has 0 unspecified atom stereocenters. The van der Waals surface area contributed by atoms with E-state index >= 15 is 0 Å². The molecule has 0 atom stereocenters. The van der Waals surface area contributed by atoms with Crippen molar-refractivity contribution in [2.75, 3.05) is 0 Å². The fraction of sp³-hybridized carbons (Fsp3) is 0.182. The summed E-state index contributed by atoms with van der Waals surface area (Å²) in [5, 5.41) is 0. The van der Waals surface area contributed by atoms with E-state index in [0.29, 0.717) is 11.1 Å². The van der Waals surface area contributed by atoms with Gasteiger partial charge in [-0.15, -0.1) is 0 Å². The van der Waals surface area contributed by atoms with Crippen LogP contribution in [0, 0.1) is 0 Å². The summed E-state index contributed by atoms with van der Waals surface area (Å²) in [5.41, 5.74) is 8.06. The molecule has 1 heterocycles. The van der Waals surface area contributed by atoms with E-state index in [4.69, 9.17) is 5.73 Å². The predicted molar refractivity (Wildman–Crippen MR) is 57.4 cm³/mol. The van der Waals surface area contributed by atoms with Crippen molar-refractivity contribution in [2.45, 2.75) is 13.3 Å². The molecule has 0 bridgehead atoms. The molecule has 2 N–H and O–H groups in total. The van der Waals surface area contributed by atoms with E-state index in [1.807, 2.05) is 6.92 Å². The van der Waals surface area contributed by atoms with Crippen molar-refractivity contribution in [1.29, 1.82) is 0 Å². The molecular formula is C11H11N3O. The fourth-order valence-electron chi connectivity index (χ4n) is 1.37. The number of nitrogens with two attached hydrogens (primary N) is 1. The van der Waals surface area contributed by atoms with E-state index in [-0.39, 0.29) is 0 Å². The van der Waals surface area contributed by atoms with Crippen molar-refractivity contribution in [1.82, 2.24) is 9.97 Å². The third kappa shape index (κ3) is 1.79. The van der Waals surface area contributed by atoms with E-state index in [0.717, 1.165) is 17.6 Å². The Bertz CT molecular complexity index is 522. The highest BCUT2D eigenvalue weighted by molar-refractivity contribution is 5.96. The lowest BCUT2D eigenvalue weighted by Crippen LogP contribution is -2.10. The second-order valence-corrected chi connectivity index (χ2v) is 3.28. The number of nitrogens with zero attached hydrogens (tertiary/aromatic N) is 2. The average molecular weight is 201 g/mol. The highest BCUT2D eigenvalue weighted by atomic mass is 16.1. The normalized spacial score (nSPS) is 10.5. The molecule has 1 amide bonds. The zero-order valence-electron chi connectivity index (χ0n) is 8.40. The second kappa shape index (κ2) is 3.65. The van der Waals surface area contributed by atoms with Gasteiger partial charge in [-0.1, -0.05) is 6.92 Å². The summed E-state index contributed by atoms with van der Waals surface area (Å²) in [6.45, 7) is 2.02. The van der Waals surface area contributed by atoms with Gasteiger partial charge < -0.3 is 5.73 Å². The third-order valence-corrected chi connectivity index (χ3v) is 2.24. The topological polar surface area (TPSA) is 68.9 Å². The van der Waals surface area contributed by atoms with Crippen LogP contribution in [-0.4, -0.2) is 15.9 Å². The molecule has 0 aliphatic heterocycles. The smallest absolute Gasteiger partial charge is 0.248 e. The number of rotatable bonds is 2. The number of fused-ring (bicyclic) bond motifs is 1. The Morgan fingerprint density at radius 1 is 1.40 bits per heavy atom. The van der Waals surface area contributed by atoms with Crippen LogP contribution < -0.4 is 5.73 Å². The standard InChI is InChI=1S/C11H11N3O/c1-2-8-6-13-10-5-7(11(12)15)3-4-9(10)14-8/h3-6H,2H2,1H3,(H2,12,15). The summed E-state index contributed by atoms with van der Waals surface area (Å²) >= 11 is 0. The van der Waals surface area contributed by atoms with Gasteiger partial charge >= 0.3 is 0 Å². The van der Waals surface area contributed by atoms with Crippen molar-refractivity contribution < 1.29 is 4.79 Å². The van der Waals surface area contributed by atoms with Crippen molar-refractivity contribution in [2.24, 2.45) is 5.73 Å². The summed E-state index contributed by atoms with van der Waals surface area (Å²) in [7, 11) is 0. The zero-order chi connectivity index (χ0) is 10.8. The average Bonchev–Trinajstić information content (AvgIpc) is 2.27. The van der Waals surface area contributed by atoms with Crippen molar-refractivity contribution in [3.8, 4) is 0 Å². The minimum Gasteiger partial charge on any atom is -0.366 e. The van der Waals surface area contributed by atoms with E-state index < -0.39 is 5.91 Å². The first-order valence-corrected chi connectivity index (χ1v) is 4.76. The molecule has 2 rings (SSSR count). The van der Waals surface area contributed by atoms with Gasteiger partial charge in [-0.2, -0.15) is 0 Å². The van der Waals surface area contributed by atoms with Gasteiger partial charge in [-0.05, 0) is 24.6 Å². The lowest BCUT2D eigenvalue weighted by atomic mass is 10.2. The molecule has 1 aromatic carbocycles. The van der Waals surface area contributed by atoms with Crippen LogP contribution in [0.15, 0.2) is 24.4 Å². The Morgan fingerprint density at radius 2 is 2.20 bits per heavy atom. The summed E-state index contributed by atoms with van der Waals surface area (Å²) in [5.74, 6) is -0.446. The molecule has 1 aromatic heterocycles. The highest BCUT2D eigenvalue weighted by Crippen LogP contribution is 2.12. The number of primary amides is 1.